The van der Waals surface area contributed by atoms with E-state index in [2.05, 4.69) is 43.1 Å². The lowest BCUT2D eigenvalue weighted by Gasteiger charge is -2.32. The van der Waals surface area contributed by atoms with Gasteiger partial charge in [-0.3, -0.25) is 4.90 Å². The fourth-order valence-electron chi connectivity index (χ4n) is 3.49. The van der Waals surface area contributed by atoms with E-state index in [-0.39, 0.29) is 0 Å². The van der Waals surface area contributed by atoms with E-state index in [4.69, 9.17) is 5.73 Å². The van der Waals surface area contributed by atoms with Crippen LogP contribution in [-0.4, -0.2) is 24.5 Å². The number of hydrogen-bond donors (Lipinski definition) is 1. The first-order valence-corrected chi connectivity index (χ1v) is 8.15. The van der Waals surface area contributed by atoms with E-state index >= 15 is 0 Å². The summed E-state index contributed by atoms with van der Waals surface area (Å²) in [5.41, 5.74) is 8.77. The molecule has 0 saturated heterocycles. The zero-order chi connectivity index (χ0) is 14.4. The predicted molar refractivity (Wildman–Crippen MR) is 86.7 cm³/mol. The molecule has 0 aliphatic heterocycles. The molecule has 0 spiro atoms. The molecule has 0 aromatic heterocycles. The number of aryl methyl sites for hydroxylation is 1. The normalized spacial score (nSPS) is 18.4. The van der Waals surface area contributed by atoms with Crippen LogP contribution in [0, 0.1) is 12.8 Å². The highest BCUT2D eigenvalue weighted by Crippen LogP contribution is 2.28. The highest BCUT2D eigenvalue weighted by atomic mass is 15.1. The van der Waals surface area contributed by atoms with Crippen molar-refractivity contribution in [2.75, 3.05) is 13.6 Å². The van der Waals surface area contributed by atoms with Crippen LogP contribution in [0.1, 0.15) is 49.7 Å². The zero-order valence-corrected chi connectivity index (χ0v) is 13.1. The molecule has 1 aromatic rings. The van der Waals surface area contributed by atoms with Crippen LogP contribution in [0.5, 0.6) is 0 Å². The van der Waals surface area contributed by atoms with Crippen LogP contribution in [0.15, 0.2) is 24.3 Å². The maximum atomic E-state index is 6.03. The lowest BCUT2D eigenvalue weighted by Crippen LogP contribution is -2.39. The average molecular weight is 274 g/mol. The first kappa shape index (κ1) is 15.5. The molecule has 1 saturated carbocycles. The topological polar surface area (TPSA) is 29.3 Å². The lowest BCUT2D eigenvalue weighted by atomic mass is 9.84. The molecule has 20 heavy (non-hydrogen) atoms. The highest BCUT2D eigenvalue weighted by Gasteiger charge is 2.21. The molecule has 0 amide bonds. The third kappa shape index (κ3) is 4.60. The van der Waals surface area contributed by atoms with Gasteiger partial charge in [-0.2, -0.15) is 0 Å². The molecule has 1 aliphatic rings. The van der Waals surface area contributed by atoms with Crippen LogP contribution >= 0.6 is 0 Å². The molecule has 1 fully saturated rings. The van der Waals surface area contributed by atoms with Crippen LogP contribution in [0.3, 0.4) is 0 Å². The van der Waals surface area contributed by atoms with Crippen molar-refractivity contribution in [2.45, 2.75) is 58.0 Å². The molecule has 0 radical (unpaired) electrons. The monoisotopic (exact) mass is 274 g/mol. The van der Waals surface area contributed by atoms with Crippen molar-refractivity contribution in [3.05, 3.63) is 35.4 Å². The van der Waals surface area contributed by atoms with E-state index in [1.807, 2.05) is 0 Å². The van der Waals surface area contributed by atoms with Gasteiger partial charge in [0.15, 0.2) is 0 Å². The Morgan fingerprint density at radius 2 is 2.00 bits per heavy atom. The molecule has 0 heterocycles. The molecule has 2 rings (SSSR count). The molecular weight excluding hydrogens is 244 g/mol. The summed E-state index contributed by atoms with van der Waals surface area (Å²) in [5, 5.41) is 0. The SMILES string of the molecule is Cc1cccc(CN(C)C(CN)CC2CCCCC2)c1. The third-order valence-electron chi connectivity index (χ3n) is 4.74. The average Bonchev–Trinajstić information content (AvgIpc) is 2.45. The predicted octanol–water partition coefficient (Wildman–Crippen LogP) is 3.72. The van der Waals surface area contributed by atoms with Crippen LogP contribution in [0.25, 0.3) is 0 Å². The Labute approximate surface area is 124 Å². The van der Waals surface area contributed by atoms with Gasteiger partial charge in [0.25, 0.3) is 0 Å². The molecule has 1 atom stereocenters. The summed E-state index contributed by atoms with van der Waals surface area (Å²) in [6.45, 7) is 3.95. The third-order valence-corrected chi connectivity index (χ3v) is 4.74. The molecular formula is C18H30N2. The van der Waals surface area contributed by atoms with Gasteiger partial charge in [0, 0.05) is 19.1 Å². The molecule has 1 aliphatic carbocycles. The Kier molecular flexibility index (Phi) is 6.06. The van der Waals surface area contributed by atoms with Crippen LogP contribution in [0.2, 0.25) is 0 Å². The van der Waals surface area contributed by atoms with E-state index in [1.165, 1.54) is 49.7 Å². The van der Waals surface area contributed by atoms with Gasteiger partial charge in [-0.1, -0.05) is 61.9 Å². The Morgan fingerprint density at radius 3 is 2.65 bits per heavy atom. The Hall–Kier alpha value is -0.860. The second-order valence-corrected chi connectivity index (χ2v) is 6.53. The number of nitrogens with zero attached hydrogens (tertiary/aromatic N) is 1. The van der Waals surface area contributed by atoms with Gasteiger partial charge >= 0.3 is 0 Å². The fraction of sp³-hybridized carbons (Fsp3) is 0.667. The summed E-state index contributed by atoms with van der Waals surface area (Å²) in [4.78, 5) is 2.45. The molecule has 1 unspecified atom stereocenters. The number of likely N-dealkylation sites (N-methyl/N-ethyl adjacent to an activating group) is 1. The minimum Gasteiger partial charge on any atom is -0.329 e. The Morgan fingerprint density at radius 1 is 1.25 bits per heavy atom. The van der Waals surface area contributed by atoms with Crippen molar-refractivity contribution >= 4 is 0 Å². The van der Waals surface area contributed by atoms with Gasteiger partial charge in [-0.25, -0.2) is 0 Å². The van der Waals surface area contributed by atoms with E-state index in [0.29, 0.717) is 6.04 Å². The highest BCUT2D eigenvalue weighted by molar-refractivity contribution is 5.22. The summed E-state index contributed by atoms with van der Waals surface area (Å²) in [6.07, 6.45) is 8.37. The molecule has 1 aromatic carbocycles. The smallest absolute Gasteiger partial charge is 0.0234 e. The molecule has 112 valence electrons. The minimum atomic E-state index is 0.526. The minimum absolute atomic E-state index is 0.526. The van der Waals surface area contributed by atoms with Gasteiger partial charge in [-0.15, -0.1) is 0 Å². The summed E-state index contributed by atoms with van der Waals surface area (Å²) in [6, 6.07) is 9.34. The largest absolute Gasteiger partial charge is 0.329 e. The van der Waals surface area contributed by atoms with Crippen molar-refractivity contribution in [3.8, 4) is 0 Å². The van der Waals surface area contributed by atoms with E-state index in [9.17, 15) is 0 Å². The number of benzene rings is 1. The summed E-state index contributed by atoms with van der Waals surface area (Å²) in [5.74, 6) is 0.900. The second kappa shape index (κ2) is 7.80. The fourth-order valence-corrected chi connectivity index (χ4v) is 3.49. The van der Waals surface area contributed by atoms with E-state index in [0.717, 1.165) is 19.0 Å². The van der Waals surface area contributed by atoms with Crippen molar-refractivity contribution in [3.63, 3.8) is 0 Å². The van der Waals surface area contributed by atoms with Crippen molar-refractivity contribution in [1.29, 1.82) is 0 Å². The number of nitrogens with two attached hydrogens (primary N) is 1. The summed E-state index contributed by atoms with van der Waals surface area (Å²) < 4.78 is 0. The van der Waals surface area contributed by atoms with Crippen LogP contribution < -0.4 is 5.73 Å². The summed E-state index contributed by atoms with van der Waals surface area (Å²) >= 11 is 0. The van der Waals surface area contributed by atoms with Gasteiger partial charge < -0.3 is 5.73 Å². The van der Waals surface area contributed by atoms with Crippen LogP contribution in [0.4, 0.5) is 0 Å². The number of hydrogen-bond acceptors (Lipinski definition) is 2. The van der Waals surface area contributed by atoms with E-state index < -0.39 is 0 Å². The lowest BCUT2D eigenvalue weighted by molar-refractivity contribution is 0.185. The molecule has 2 N–H and O–H groups in total. The standard InChI is InChI=1S/C18H30N2/c1-15-7-6-10-17(11-15)14-20(2)18(13-19)12-16-8-4-3-5-9-16/h6-7,10-11,16,18H,3-5,8-9,12-14,19H2,1-2H3. The van der Waals surface area contributed by atoms with Gasteiger partial charge in [0.2, 0.25) is 0 Å². The van der Waals surface area contributed by atoms with Crippen molar-refractivity contribution < 1.29 is 0 Å². The maximum Gasteiger partial charge on any atom is 0.0234 e. The summed E-state index contributed by atoms with van der Waals surface area (Å²) in [7, 11) is 2.22. The van der Waals surface area contributed by atoms with Crippen LogP contribution in [-0.2, 0) is 6.54 Å². The first-order chi connectivity index (χ1) is 9.69. The van der Waals surface area contributed by atoms with E-state index in [1.54, 1.807) is 0 Å². The van der Waals surface area contributed by atoms with Crippen molar-refractivity contribution in [2.24, 2.45) is 11.7 Å². The van der Waals surface area contributed by atoms with Gasteiger partial charge in [-0.05, 0) is 31.9 Å². The quantitative estimate of drug-likeness (QED) is 0.856. The first-order valence-electron chi connectivity index (χ1n) is 8.15. The molecule has 0 bridgehead atoms. The Bertz CT molecular complexity index is 396. The zero-order valence-electron chi connectivity index (χ0n) is 13.1. The number of rotatable bonds is 6. The molecule has 2 heteroatoms. The van der Waals surface area contributed by atoms with Gasteiger partial charge in [0.05, 0.1) is 0 Å². The Balaban J connectivity index is 1.89. The maximum absolute atomic E-state index is 6.03. The van der Waals surface area contributed by atoms with Crippen molar-refractivity contribution in [1.82, 2.24) is 4.90 Å². The molecule has 2 nitrogen and oxygen atoms in total. The second-order valence-electron chi connectivity index (χ2n) is 6.53. The van der Waals surface area contributed by atoms with Gasteiger partial charge in [0.1, 0.15) is 0 Å².